The highest BCUT2D eigenvalue weighted by Gasteiger charge is 2.55. The maximum atomic E-state index is 12.9. The third kappa shape index (κ3) is 9.45. The number of fused-ring (bicyclic) bond motifs is 1. The number of anilines is 1. The van der Waals surface area contributed by atoms with Gasteiger partial charge in [0.1, 0.15) is 24.6 Å². The normalized spacial score (nSPS) is 21.9. The van der Waals surface area contributed by atoms with Crippen LogP contribution in [0.4, 0.5) is 10.6 Å². The van der Waals surface area contributed by atoms with Gasteiger partial charge in [-0.2, -0.15) is 0 Å². The van der Waals surface area contributed by atoms with Crippen molar-refractivity contribution in [1.29, 1.82) is 0 Å². The fourth-order valence-electron chi connectivity index (χ4n) is 4.42. The zero-order chi connectivity index (χ0) is 38.7. The molecule has 0 aromatic carbocycles. The van der Waals surface area contributed by atoms with Crippen LogP contribution in [-0.4, -0.2) is 84.9 Å². The van der Waals surface area contributed by atoms with Gasteiger partial charge in [-0.25, -0.2) is 19.7 Å². The molecule has 0 aliphatic carbocycles. The number of ether oxygens (including phenoxy) is 2. The molecule has 11 nitrogen and oxygen atoms in total. The summed E-state index contributed by atoms with van der Waals surface area (Å²) >= 11 is 18.1. The molecular weight excluding hydrogens is 753 g/mol. The summed E-state index contributed by atoms with van der Waals surface area (Å²) in [6.45, 7) is 36.8. The molecule has 3 rings (SSSR count). The number of alkyl halides is 3. The van der Waals surface area contributed by atoms with Gasteiger partial charge >= 0.3 is 6.09 Å². The number of nitrogens with one attached hydrogen (secondary N) is 1. The number of rotatable bonds is 10. The number of halogens is 3. The maximum Gasteiger partial charge on any atom is 0.413 e. The van der Waals surface area contributed by atoms with Gasteiger partial charge in [0.25, 0.3) is 0 Å². The number of nitrogens with zero attached hydrogens (tertiary/aromatic N) is 4. The number of amides is 1. The van der Waals surface area contributed by atoms with E-state index in [1.165, 1.54) is 20.2 Å². The van der Waals surface area contributed by atoms with Crippen LogP contribution in [0.1, 0.15) is 82.4 Å². The van der Waals surface area contributed by atoms with Gasteiger partial charge < -0.3 is 22.8 Å². The first-order valence-corrected chi connectivity index (χ1v) is 27.0. The molecule has 1 saturated heterocycles. The molecule has 0 unspecified atom stereocenters. The fraction of sp³-hybridized carbons (Fsp3) is 0.818. The van der Waals surface area contributed by atoms with Crippen molar-refractivity contribution in [3.8, 4) is 0 Å². The van der Waals surface area contributed by atoms with Gasteiger partial charge in [-0.05, 0) is 68.2 Å². The zero-order valence-corrected chi connectivity index (χ0v) is 38.3. The third-order valence-corrected chi connectivity index (χ3v) is 25.9. The van der Waals surface area contributed by atoms with Gasteiger partial charge in [-0.1, -0.05) is 97.1 Å². The van der Waals surface area contributed by atoms with Crippen LogP contribution < -0.4 is 5.32 Å². The van der Waals surface area contributed by atoms with Gasteiger partial charge in [0.2, 0.25) is 3.79 Å². The zero-order valence-electron chi connectivity index (χ0n) is 33.0. The van der Waals surface area contributed by atoms with Crippen LogP contribution in [0, 0.1) is 0 Å². The Hall–Kier alpha value is -0.819. The smallest absolute Gasteiger partial charge is 0.413 e. The van der Waals surface area contributed by atoms with Crippen molar-refractivity contribution in [2.24, 2.45) is 0 Å². The highest BCUT2D eigenvalue weighted by Crippen LogP contribution is 2.47. The van der Waals surface area contributed by atoms with Crippen molar-refractivity contribution in [3.05, 3.63) is 12.7 Å². The van der Waals surface area contributed by atoms with Crippen LogP contribution in [0.3, 0.4) is 0 Å². The molecule has 1 aliphatic heterocycles. The van der Waals surface area contributed by atoms with E-state index in [0.29, 0.717) is 17.8 Å². The Kier molecular flexibility index (Phi) is 12.6. The second kappa shape index (κ2) is 14.4. The Labute approximate surface area is 317 Å². The maximum absolute atomic E-state index is 12.9. The first-order valence-electron chi connectivity index (χ1n) is 17.1. The second-order valence-electron chi connectivity index (χ2n) is 18.4. The van der Waals surface area contributed by atoms with Crippen molar-refractivity contribution in [2.75, 3.05) is 11.9 Å². The minimum Gasteiger partial charge on any atom is -0.439 e. The minimum absolute atomic E-state index is 0.00779. The van der Waals surface area contributed by atoms with E-state index in [2.05, 4.69) is 122 Å². The number of hydrogen-bond donors (Lipinski definition) is 1. The van der Waals surface area contributed by atoms with Gasteiger partial charge in [-0.3, -0.25) is 9.88 Å². The van der Waals surface area contributed by atoms with E-state index in [1.54, 1.807) is 6.33 Å². The monoisotopic (exact) mass is 811 g/mol. The predicted molar refractivity (Wildman–Crippen MR) is 211 cm³/mol. The summed E-state index contributed by atoms with van der Waals surface area (Å²) in [6.07, 6.45) is 0.0551. The van der Waals surface area contributed by atoms with Crippen molar-refractivity contribution < 1.29 is 27.5 Å². The lowest BCUT2D eigenvalue weighted by atomic mass is 10.1. The van der Waals surface area contributed by atoms with Crippen LogP contribution in [0.2, 0.25) is 54.4 Å². The number of carbonyl (C=O) groups excluding carboxylic acids is 1. The largest absolute Gasteiger partial charge is 0.439 e. The topological polar surface area (TPSA) is 119 Å². The Balaban J connectivity index is 2.15. The Morgan fingerprint density at radius 3 is 1.78 bits per heavy atom. The molecule has 0 saturated carbocycles. The van der Waals surface area contributed by atoms with Gasteiger partial charge in [0.15, 0.2) is 53.8 Å². The second-order valence-corrected chi connectivity index (χ2v) is 35.0. The van der Waals surface area contributed by atoms with Crippen LogP contribution in [-0.2, 0) is 22.8 Å². The van der Waals surface area contributed by atoms with Gasteiger partial charge in [-0.15, -0.1) is 0 Å². The standard InChI is InChI=1S/C33H60Cl3N5O6Si3/c1-29(2,3)48(12,13)43-18-21-23(46-49(14,15)30(4,5)6)24(47-50(16,17)31(7,8)9)27(44-21)41-20-39-22-25(37-19-38-26(22)41)40-28(42)45-32(10,11)33(34,35)36/h19-21,23-24,27H,18H2,1-17H3,(H,37,38,40,42)/t21-,23-,24-,27-/m1/s1. The quantitative estimate of drug-likeness (QED) is 0.185. The summed E-state index contributed by atoms with van der Waals surface area (Å²) in [5, 5.41) is 2.49. The van der Waals surface area contributed by atoms with Crippen LogP contribution in [0.15, 0.2) is 12.7 Å². The fourth-order valence-corrected chi connectivity index (χ4v) is 8.15. The van der Waals surface area contributed by atoms with Crippen LogP contribution >= 0.6 is 34.8 Å². The SMILES string of the molecule is CC(C)(OC(=O)Nc1ncnc2c1ncn2[C@@H]1O[C@H](CO[Si](C)(C)C(C)(C)C)[C@@H](O[Si](C)(C)C(C)(C)C)[C@H]1O[Si](C)(C)C(C)(C)C)C(Cl)(Cl)Cl. The van der Waals surface area contributed by atoms with E-state index in [9.17, 15) is 4.79 Å². The molecule has 1 aliphatic rings. The van der Waals surface area contributed by atoms with E-state index < -0.39 is 65.0 Å². The molecule has 17 heteroatoms. The number of aromatic nitrogens is 4. The predicted octanol–water partition coefficient (Wildman–Crippen LogP) is 10.2. The number of hydrogen-bond acceptors (Lipinski definition) is 9. The average molecular weight is 813 g/mol. The highest BCUT2D eigenvalue weighted by atomic mass is 35.6. The minimum atomic E-state index is -2.39. The third-order valence-electron chi connectivity index (χ3n) is 11.1. The van der Waals surface area contributed by atoms with Crippen molar-refractivity contribution in [1.82, 2.24) is 19.5 Å². The molecule has 2 aromatic heterocycles. The average Bonchev–Trinajstić information content (AvgIpc) is 3.46. The van der Waals surface area contributed by atoms with Crippen molar-refractivity contribution >= 4 is 82.8 Å². The molecule has 1 amide bonds. The molecule has 0 spiro atoms. The summed E-state index contributed by atoms with van der Waals surface area (Å²) in [5.74, 6) is 0.130. The van der Waals surface area contributed by atoms with Crippen molar-refractivity contribution in [3.63, 3.8) is 0 Å². The summed E-state index contributed by atoms with van der Waals surface area (Å²) in [6, 6.07) is 0. The molecule has 286 valence electrons. The first-order chi connectivity index (χ1) is 22.2. The summed E-state index contributed by atoms with van der Waals surface area (Å²) in [4.78, 5) is 26.4. The van der Waals surface area contributed by atoms with Crippen LogP contribution in [0.5, 0.6) is 0 Å². The molecule has 0 bridgehead atoms. The Bertz CT molecular complexity index is 1510. The lowest BCUT2D eigenvalue weighted by molar-refractivity contribution is -0.0470. The Morgan fingerprint density at radius 2 is 1.30 bits per heavy atom. The number of imidazole rings is 1. The Morgan fingerprint density at radius 1 is 0.800 bits per heavy atom. The van der Waals surface area contributed by atoms with E-state index in [4.69, 9.17) is 57.6 Å². The molecule has 3 heterocycles. The molecule has 1 fully saturated rings. The molecule has 2 aromatic rings. The summed E-state index contributed by atoms with van der Waals surface area (Å²) in [5.41, 5.74) is -0.671. The molecular formula is C33H60Cl3N5O6Si3. The van der Waals surface area contributed by atoms with E-state index in [-0.39, 0.29) is 20.9 Å². The molecule has 4 atom stereocenters. The van der Waals surface area contributed by atoms with Crippen molar-refractivity contribution in [2.45, 2.75) is 164 Å². The molecule has 50 heavy (non-hydrogen) atoms. The lowest BCUT2D eigenvalue weighted by Gasteiger charge is -2.44. The van der Waals surface area contributed by atoms with Crippen LogP contribution in [0.25, 0.3) is 11.2 Å². The van der Waals surface area contributed by atoms with E-state index in [0.717, 1.165) is 0 Å². The molecule has 0 radical (unpaired) electrons. The van der Waals surface area contributed by atoms with E-state index >= 15 is 0 Å². The van der Waals surface area contributed by atoms with Gasteiger partial charge in [0, 0.05) is 0 Å². The first kappa shape index (κ1) is 43.6. The van der Waals surface area contributed by atoms with Gasteiger partial charge in [0.05, 0.1) is 12.9 Å². The summed E-state index contributed by atoms with van der Waals surface area (Å²) < 4.78 is 33.7. The lowest BCUT2D eigenvalue weighted by Crippen LogP contribution is -2.54. The highest BCUT2D eigenvalue weighted by molar-refractivity contribution is 6.75. The molecule has 1 N–H and O–H groups in total. The summed E-state index contributed by atoms with van der Waals surface area (Å²) in [7, 11) is -6.89. The van der Waals surface area contributed by atoms with E-state index in [1.807, 2.05) is 4.57 Å². The number of carbonyl (C=O) groups is 1.